The molecular weight excluding hydrogens is 314 g/mol. The summed E-state index contributed by atoms with van der Waals surface area (Å²) in [6.07, 6.45) is 4.03. The lowest BCUT2D eigenvalue weighted by Crippen LogP contribution is -2.29. The summed E-state index contributed by atoms with van der Waals surface area (Å²) in [5.41, 5.74) is 3.45. The Bertz CT molecular complexity index is 897. The molecule has 0 spiro atoms. The third kappa shape index (κ3) is 3.19. The fourth-order valence-electron chi connectivity index (χ4n) is 2.94. The highest BCUT2D eigenvalue weighted by Gasteiger charge is 2.26. The quantitative estimate of drug-likeness (QED) is 0.796. The van der Waals surface area contributed by atoms with Crippen molar-refractivity contribution in [3.63, 3.8) is 0 Å². The summed E-state index contributed by atoms with van der Waals surface area (Å²) in [4.78, 5) is 27.2. The van der Waals surface area contributed by atoms with E-state index in [1.165, 1.54) is 11.9 Å². The third-order valence-corrected chi connectivity index (χ3v) is 4.20. The molecule has 0 saturated heterocycles. The first-order chi connectivity index (χ1) is 12.3. The van der Waals surface area contributed by atoms with Crippen molar-refractivity contribution in [1.82, 2.24) is 15.0 Å². The average molecular weight is 331 g/mol. The molecule has 2 aromatic heterocycles. The fraction of sp³-hybridized carbons (Fsp3) is 0.158. The van der Waals surface area contributed by atoms with E-state index < -0.39 is 0 Å². The highest BCUT2D eigenvalue weighted by atomic mass is 16.2. The van der Waals surface area contributed by atoms with Crippen molar-refractivity contribution in [2.24, 2.45) is 0 Å². The zero-order valence-corrected chi connectivity index (χ0v) is 13.6. The second-order valence-corrected chi connectivity index (χ2v) is 5.80. The number of nitrogens with zero attached hydrogens (tertiary/aromatic N) is 4. The Kier molecular flexibility index (Phi) is 4.08. The zero-order chi connectivity index (χ0) is 17.1. The predicted molar refractivity (Wildman–Crippen MR) is 95.4 cm³/mol. The van der Waals surface area contributed by atoms with Gasteiger partial charge in [0.1, 0.15) is 17.8 Å². The number of hydrogen-bond donors (Lipinski definition) is 1. The lowest BCUT2D eigenvalue weighted by atomic mass is 10.2. The molecule has 0 unspecified atom stereocenters. The molecule has 0 atom stereocenters. The Balaban J connectivity index is 1.51. The van der Waals surface area contributed by atoms with Crippen LogP contribution in [0.25, 0.3) is 0 Å². The molecule has 0 radical (unpaired) electrons. The van der Waals surface area contributed by atoms with E-state index in [2.05, 4.69) is 26.3 Å². The van der Waals surface area contributed by atoms with Crippen LogP contribution in [0.2, 0.25) is 0 Å². The second-order valence-electron chi connectivity index (χ2n) is 5.80. The number of anilines is 2. The maximum Gasteiger partial charge on any atom is 0.277 e. The van der Waals surface area contributed by atoms with Crippen molar-refractivity contribution >= 4 is 17.4 Å². The van der Waals surface area contributed by atoms with Crippen molar-refractivity contribution in [1.29, 1.82) is 0 Å². The van der Waals surface area contributed by atoms with E-state index in [9.17, 15) is 4.79 Å². The van der Waals surface area contributed by atoms with Crippen LogP contribution in [0.1, 0.15) is 21.7 Å². The van der Waals surface area contributed by atoms with Gasteiger partial charge in [0.2, 0.25) is 0 Å². The average Bonchev–Trinajstić information content (AvgIpc) is 3.11. The van der Waals surface area contributed by atoms with Crippen molar-refractivity contribution in [3.05, 3.63) is 78.0 Å². The molecule has 124 valence electrons. The topological polar surface area (TPSA) is 71.0 Å². The SMILES string of the molecule is O=C(c1cc(NCc2ccccn2)ncn1)N1CCc2ccccc21. The number of benzene rings is 1. The number of amides is 1. The van der Waals surface area contributed by atoms with Crippen molar-refractivity contribution in [2.45, 2.75) is 13.0 Å². The maximum absolute atomic E-state index is 12.8. The minimum atomic E-state index is -0.103. The summed E-state index contributed by atoms with van der Waals surface area (Å²) >= 11 is 0. The molecular formula is C19H17N5O. The van der Waals surface area contributed by atoms with Crippen LogP contribution in [0.3, 0.4) is 0 Å². The number of hydrogen-bond acceptors (Lipinski definition) is 5. The van der Waals surface area contributed by atoms with Crippen LogP contribution in [0, 0.1) is 0 Å². The first-order valence-electron chi connectivity index (χ1n) is 8.17. The Morgan fingerprint density at radius 1 is 1.08 bits per heavy atom. The normalized spacial score (nSPS) is 12.7. The molecule has 25 heavy (non-hydrogen) atoms. The Labute approximate surface area is 145 Å². The van der Waals surface area contributed by atoms with Crippen molar-refractivity contribution < 1.29 is 4.79 Å². The van der Waals surface area contributed by atoms with E-state index in [-0.39, 0.29) is 5.91 Å². The first-order valence-corrected chi connectivity index (χ1v) is 8.17. The van der Waals surface area contributed by atoms with Gasteiger partial charge in [0, 0.05) is 24.5 Å². The van der Waals surface area contributed by atoms with Gasteiger partial charge in [-0.05, 0) is 30.2 Å². The van der Waals surface area contributed by atoms with Crippen molar-refractivity contribution in [2.75, 3.05) is 16.8 Å². The summed E-state index contributed by atoms with van der Waals surface area (Å²) < 4.78 is 0. The zero-order valence-electron chi connectivity index (χ0n) is 13.6. The van der Waals surface area contributed by atoms with E-state index in [1.807, 2.05) is 36.4 Å². The molecule has 1 N–H and O–H groups in total. The summed E-state index contributed by atoms with van der Waals surface area (Å²) in [6, 6.07) is 15.4. The van der Waals surface area contributed by atoms with Gasteiger partial charge in [0.15, 0.2) is 0 Å². The molecule has 0 fully saturated rings. The smallest absolute Gasteiger partial charge is 0.277 e. The third-order valence-electron chi connectivity index (χ3n) is 4.20. The minimum absolute atomic E-state index is 0.103. The highest BCUT2D eigenvalue weighted by molar-refractivity contribution is 6.06. The van der Waals surface area contributed by atoms with Gasteiger partial charge in [0.25, 0.3) is 5.91 Å². The molecule has 3 aromatic rings. The maximum atomic E-state index is 12.8. The lowest BCUT2D eigenvalue weighted by molar-refractivity contribution is 0.0984. The molecule has 1 aliphatic rings. The van der Waals surface area contributed by atoms with E-state index in [0.717, 1.165) is 17.8 Å². The Hall–Kier alpha value is -3.28. The number of carbonyl (C=O) groups excluding carboxylic acids is 1. The van der Waals surface area contributed by atoms with Gasteiger partial charge < -0.3 is 10.2 Å². The molecule has 4 rings (SSSR count). The van der Waals surface area contributed by atoms with E-state index in [1.54, 1.807) is 17.2 Å². The van der Waals surface area contributed by atoms with E-state index in [4.69, 9.17) is 0 Å². The summed E-state index contributed by atoms with van der Waals surface area (Å²) in [5.74, 6) is 0.504. The van der Waals surface area contributed by atoms with Crippen LogP contribution < -0.4 is 10.2 Å². The van der Waals surface area contributed by atoms with Gasteiger partial charge in [0.05, 0.1) is 12.2 Å². The van der Waals surface area contributed by atoms with Crippen LogP contribution in [-0.4, -0.2) is 27.4 Å². The number of fused-ring (bicyclic) bond motifs is 1. The van der Waals surface area contributed by atoms with Gasteiger partial charge in [-0.15, -0.1) is 0 Å². The standard InChI is InChI=1S/C19H17N5O/c25-19(24-10-8-14-5-1-2-7-17(14)24)16-11-18(23-13-22-16)21-12-15-6-3-4-9-20-15/h1-7,9,11,13H,8,10,12H2,(H,21,22,23). The second kappa shape index (κ2) is 6.68. The number of rotatable bonds is 4. The number of aromatic nitrogens is 3. The molecule has 6 heteroatoms. The molecule has 1 aliphatic heterocycles. The van der Waals surface area contributed by atoms with Crippen LogP contribution in [0.15, 0.2) is 61.1 Å². The fourth-order valence-corrected chi connectivity index (χ4v) is 2.94. The molecule has 0 bridgehead atoms. The molecule has 3 heterocycles. The summed E-state index contributed by atoms with van der Waals surface area (Å²) in [5, 5.41) is 3.18. The van der Waals surface area contributed by atoms with E-state index >= 15 is 0 Å². The Morgan fingerprint density at radius 3 is 2.84 bits per heavy atom. The number of para-hydroxylation sites is 1. The van der Waals surface area contributed by atoms with Gasteiger partial charge in [-0.2, -0.15) is 0 Å². The number of pyridine rings is 1. The first kappa shape index (κ1) is 15.3. The van der Waals surface area contributed by atoms with Gasteiger partial charge in [-0.25, -0.2) is 9.97 Å². The Morgan fingerprint density at radius 2 is 1.96 bits per heavy atom. The molecule has 6 nitrogen and oxygen atoms in total. The molecule has 1 aromatic carbocycles. The predicted octanol–water partition coefficient (Wildman–Crippen LogP) is 2.69. The lowest BCUT2D eigenvalue weighted by Gasteiger charge is -2.17. The van der Waals surface area contributed by atoms with Crippen LogP contribution in [0.5, 0.6) is 0 Å². The summed E-state index contributed by atoms with van der Waals surface area (Å²) in [7, 11) is 0. The number of nitrogens with one attached hydrogen (secondary N) is 1. The van der Waals surface area contributed by atoms with Gasteiger partial charge in [-0.1, -0.05) is 24.3 Å². The highest BCUT2D eigenvalue weighted by Crippen LogP contribution is 2.28. The molecule has 1 amide bonds. The largest absolute Gasteiger partial charge is 0.364 e. The van der Waals surface area contributed by atoms with Gasteiger partial charge >= 0.3 is 0 Å². The van der Waals surface area contributed by atoms with E-state index in [0.29, 0.717) is 24.6 Å². The minimum Gasteiger partial charge on any atom is -0.364 e. The van der Waals surface area contributed by atoms with Crippen LogP contribution in [0.4, 0.5) is 11.5 Å². The molecule has 0 saturated carbocycles. The molecule has 0 aliphatic carbocycles. The summed E-state index contributed by atoms with van der Waals surface area (Å²) in [6.45, 7) is 1.22. The van der Waals surface area contributed by atoms with Crippen LogP contribution in [-0.2, 0) is 13.0 Å². The number of carbonyl (C=O) groups is 1. The monoisotopic (exact) mass is 331 g/mol. The van der Waals surface area contributed by atoms with Crippen molar-refractivity contribution in [3.8, 4) is 0 Å². The van der Waals surface area contributed by atoms with Gasteiger partial charge in [-0.3, -0.25) is 9.78 Å². The van der Waals surface area contributed by atoms with Crippen LogP contribution >= 0.6 is 0 Å².